The number of carbonyl (C=O) groups is 1. The molecule has 8 heteroatoms. The number of carbonyl (C=O) groups excluding carboxylic acids is 1. The molecule has 7 nitrogen and oxygen atoms in total. The van der Waals surface area contributed by atoms with Crippen molar-refractivity contribution >= 4 is 21.6 Å². The molecule has 1 saturated heterocycles. The van der Waals surface area contributed by atoms with Gasteiger partial charge in [-0.1, -0.05) is 0 Å². The lowest BCUT2D eigenvalue weighted by Crippen LogP contribution is -2.40. The SMILES string of the molecule is NC(=O)c1ccc(S(=O)(=O)N2CCOCC2)c(N)c1. The molecule has 2 rings (SSSR count). The van der Waals surface area contributed by atoms with Crippen molar-refractivity contribution < 1.29 is 17.9 Å². The van der Waals surface area contributed by atoms with Crippen LogP contribution >= 0.6 is 0 Å². The third kappa shape index (κ3) is 2.70. The van der Waals surface area contributed by atoms with Crippen LogP contribution in [0.3, 0.4) is 0 Å². The molecule has 1 amide bonds. The summed E-state index contributed by atoms with van der Waals surface area (Å²) in [7, 11) is -3.66. The second kappa shape index (κ2) is 5.16. The Hall–Kier alpha value is -1.64. The maximum atomic E-state index is 12.4. The molecule has 0 atom stereocenters. The second-order valence-electron chi connectivity index (χ2n) is 4.13. The zero-order valence-electron chi connectivity index (χ0n) is 10.2. The highest BCUT2D eigenvalue weighted by atomic mass is 32.2. The van der Waals surface area contributed by atoms with Gasteiger partial charge in [0.05, 0.1) is 18.9 Å². The number of nitrogens with zero attached hydrogens (tertiary/aromatic N) is 1. The van der Waals surface area contributed by atoms with Crippen LogP contribution in [0.5, 0.6) is 0 Å². The van der Waals surface area contributed by atoms with E-state index in [-0.39, 0.29) is 16.1 Å². The van der Waals surface area contributed by atoms with Crippen molar-refractivity contribution in [3.63, 3.8) is 0 Å². The van der Waals surface area contributed by atoms with E-state index in [1.807, 2.05) is 0 Å². The lowest BCUT2D eigenvalue weighted by atomic mass is 10.2. The Morgan fingerprint density at radius 2 is 1.89 bits per heavy atom. The molecule has 19 heavy (non-hydrogen) atoms. The van der Waals surface area contributed by atoms with E-state index in [1.54, 1.807) is 0 Å². The molecule has 0 spiro atoms. The van der Waals surface area contributed by atoms with E-state index in [1.165, 1.54) is 22.5 Å². The number of rotatable bonds is 3. The Morgan fingerprint density at radius 3 is 2.42 bits per heavy atom. The van der Waals surface area contributed by atoms with Gasteiger partial charge in [0.25, 0.3) is 0 Å². The fourth-order valence-corrected chi connectivity index (χ4v) is 3.37. The highest BCUT2D eigenvalue weighted by Gasteiger charge is 2.28. The summed E-state index contributed by atoms with van der Waals surface area (Å²) in [5, 5.41) is 0. The van der Waals surface area contributed by atoms with Crippen LogP contribution in [-0.4, -0.2) is 44.9 Å². The van der Waals surface area contributed by atoms with E-state index >= 15 is 0 Å². The van der Waals surface area contributed by atoms with Crippen LogP contribution in [0.1, 0.15) is 10.4 Å². The number of amides is 1. The Labute approximate surface area is 111 Å². The van der Waals surface area contributed by atoms with Gasteiger partial charge in [0.1, 0.15) is 4.90 Å². The van der Waals surface area contributed by atoms with E-state index in [0.29, 0.717) is 26.3 Å². The first-order chi connectivity index (χ1) is 8.93. The number of hydrogen-bond acceptors (Lipinski definition) is 5. The van der Waals surface area contributed by atoms with Crippen molar-refractivity contribution in [3.05, 3.63) is 23.8 Å². The number of nitrogens with two attached hydrogens (primary N) is 2. The van der Waals surface area contributed by atoms with Crippen LogP contribution in [0, 0.1) is 0 Å². The van der Waals surface area contributed by atoms with Gasteiger partial charge in [0, 0.05) is 18.7 Å². The predicted molar refractivity (Wildman–Crippen MR) is 69.0 cm³/mol. The maximum Gasteiger partial charge on any atom is 0.248 e. The summed E-state index contributed by atoms with van der Waals surface area (Å²) in [6.45, 7) is 1.30. The molecule has 4 N–H and O–H groups in total. The van der Waals surface area contributed by atoms with E-state index in [4.69, 9.17) is 16.2 Å². The van der Waals surface area contributed by atoms with E-state index < -0.39 is 15.9 Å². The average Bonchev–Trinajstić information content (AvgIpc) is 2.39. The molecule has 1 aromatic rings. The Balaban J connectivity index is 2.37. The summed E-state index contributed by atoms with van der Waals surface area (Å²) < 4.78 is 31.2. The Bertz CT molecular complexity index is 594. The Morgan fingerprint density at radius 1 is 1.26 bits per heavy atom. The molecule has 0 aromatic heterocycles. The first kappa shape index (κ1) is 13.8. The van der Waals surface area contributed by atoms with Gasteiger partial charge < -0.3 is 16.2 Å². The molecule has 1 fully saturated rings. The average molecular weight is 285 g/mol. The summed E-state index contributed by atoms with van der Waals surface area (Å²) in [6.07, 6.45) is 0. The minimum absolute atomic E-state index is 0.0144. The first-order valence-electron chi connectivity index (χ1n) is 5.70. The number of hydrogen-bond donors (Lipinski definition) is 2. The summed E-state index contributed by atoms with van der Waals surface area (Å²) >= 11 is 0. The van der Waals surface area contributed by atoms with Crippen molar-refractivity contribution in [3.8, 4) is 0 Å². The van der Waals surface area contributed by atoms with Crippen LogP contribution < -0.4 is 11.5 Å². The molecule has 1 aromatic carbocycles. The Kier molecular flexibility index (Phi) is 3.74. The molecular formula is C11H15N3O4S. The third-order valence-corrected chi connectivity index (χ3v) is 4.85. The van der Waals surface area contributed by atoms with Crippen LogP contribution in [0.25, 0.3) is 0 Å². The number of nitrogen functional groups attached to an aromatic ring is 1. The first-order valence-corrected chi connectivity index (χ1v) is 7.14. The topological polar surface area (TPSA) is 116 Å². The number of ether oxygens (including phenoxy) is 1. The van der Waals surface area contributed by atoms with Gasteiger partial charge in [-0.3, -0.25) is 4.79 Å². The third-order valence-electron chi connectivity index (χ3n) is 2.88. The van der Waals surface area contributed by atoms with Gasteiger partial charge in [-0.2, -0.15) is 4.31 Å². The standard InChI is InChI=1S/C11H15N3O4S/c12-9-7-8(11(13)15)1-2-10(9)19(16,17)14-3-5-18-6-4-14/h1-2,7H,3-6,12H2,(H2,13,15). The highest BCUT2D eigenvalue weighted by Crippen LogP contribution is 2.24. The molecule has 0 unspecified atom stereocenters. The monoisotopic (exact) mass is 285 g/mol. The molecule has 1 heterocycles. The summed E-state index contributed by atoms with van der Waals surface area (Å²) in [5.41, 5.74) is 11.0. The quantitative estimate of drug-likeness (QED) is 0.719. The lowest BCUT2D eigenvalue weighted by Gasteiger charge is -2.26. The van der Waals surface area contributed by atoms with Crippen molar-refractivity contribution in [1.82, 2.24) is 4.31 Å². The van der Waals surface area contributed by atoms with Crippen LogP contribution in [0.15, 0.2) is 23.1 Å². The maximum absolute atomic E-state index is 12.4. The molecule has 0 aliphatic carbocycles. The summed E-state index contributed by atoms with van der Waals surface area (Å²) in [4.78, 5) is 11.0. The smallest absolute Gasteiger partial charge is 0.248 e. The van der Waals surface area contributed by atoms with Crippen LogP contribution in [-0.2, 0) is 14.8 Å². The minimum Gasteiger partial charge on any atom is -0.398 e. The normalized spacial score (nSPS) is 17.3. The van der Waals surface area contributed by atoms with Gasteiger partial charge in [-0.05, 0) is 18.2 Å². The molecular weight excluding hydrogens is 270 g/mol. The van der Waals surface area contributed by atoms with E-state index in [9.17, 15) is 13.2 Å². The van der Waals surface area contributed by atoms with Gasteiger partial charge in [-0.25, -0.2) is 8.42 Å². The zero-order valence-corrected chi connectivity index (χ0v) is 11.0. The van der Waals surface area contributed by atoms with Gasteiger partial charge in [0.2, 0.25) is 15.9 Å². The molecule has 1 aliphatic rings. The van der Waals surface area contributed by atoms with Crippen molar-refractivity contribution in [1.29, 1.82) is 0 Å². The van der Waals surface area contributed by atoms with Crippen molar-refractivity contribution in [2.24, 2.45) is 5.73 Å². The summed E-state index contributed by atoms with van der Waals surface area (Å²) in [5.74, 6) is -0.651. The van der Waals surface area contributed by atoms with E-state index in [0.717, 1.165) is 0 Å². The number of sulfonamides is 1. The molecule has 104 valence electrons. The highest BCUT2D eigenvalue weighted by molar-refractivity contribution is 7.89. The minimum atomic E-state index is -3.66. The lowest BCUT2D eigenvalue weighted by molar-refractivity contribution is 0.0730. The second-order valence-corrected chi connectivity index (χ2v) is 6.04. The van der Waals surface area contributed by atoms with Crippen molar-refractivity contribution in [2.75, 3.05) is 32.0 Å². The molecule has 1 aliphatic heterocycles. The summed E-state index contributed by atoms with van der Waals surface area (Å²) in [6, 6.07) is 3.93. The predicted octanol–water partition coefficient (Wildman–Crippen LogP) is -0.611. The van der Waals surface area contributed by atoms with Gasteiger partial charge >= 0.3 is 0 Å². The van der Waals surface area contributed by atoms with Crippen LogP contribution in [0.4, 0.5) is 5.69 Å². The molecule has 0 saturated carbocycles. The molecule has 0 bridgehead atoms. The van der Waals surface area contributed by atoms with Gasteiger partial charge in [0.15, 0.2) is 0 Å². The number of primary amides is 1. The fourth-order valence-electron chi connectivity index (χ4n) is 1.86. The zero-order chi connectivity index (χ0) is 14.0. The number of morpholine rings is 1. The largest absolute Gasteiger partial charge is 0.398 e. The van der Waals surface area contributed by atoms with Crippen molar-refractivity contribution in [2.45, 2.75) is 4.90 Å². The molecule has 0 radical (unpaired) electrons. The number of benzene rings is 1. The number of anilines is 1. The van der Waals surface area contributed by atoms with Crippen LogP contribution in [0.2, 0.25) is 0 Å². The van der Waals surface area contributed by atoms with E-state index in [2.05, 4.69) is 0 Å². The van der Waals surface area contributed by atoms with Gasteiger partial charge in [-0.15, -0.1) is 0 Å². The fraction of sp³-hybridized carbons (Fsp3) is 0.364.